The van der Waals surface area contributed by atoms with E-state index in [0.717, 1.165) is 4.68 Å². The molecule has 0 unspecified atom stereocenters. The zero-order valence-corrected chi connectivity index (χ0v) is 10.3. The summed E-state index contributed by atoms with van der Waals surface area (Å²) in [4.78, 5) is 2.52. The molecule has 3 nitrogen and oxygen atoms in total. The highest BCUT2D eigenvalue weighted by Crippen LogP contribution is 2.23. The molecule has 0 spiro atoms. The summed E-state index contributed by atoms with van der Waals surface area (Å²) in [6, 6.07) is 1.63. The third-order valence-electron chi connectivity index (χ3n) is 2.74. The van der Waals surface area contributed by atoms with Crippen LogP contribution in [0.4, 0.5) is 17.6 Å². The Morgan fingerprint density at radius 3 is 2.05 bits per heavy atom. The van der Waals surface area contributed by atoms with Crippen LogP contribution in [0.1, 0.15) is 25.2 Å². The van der Waals surface area contributed by atoms with E-state index in [4.69, 9.17) is 0 Å². The van der Waals surface area contributed by atoms with Gasteiger partial charge < -0.3 is 0 Å². The molecule has 0 bridgehead atoms. The molecule has 0 aliphatic heterocycles. The van der Waals surface area contributed by atoms with Gasteiger partial charge in [-0.3, -0.25) is 0 Å². The molecule has 0 aliphatic carbocycles. The Morgan fingerprint density at radius 1 is 1.00 bits per heavy atom. The van der Waals surface area contributed by atoms with Gasteiger partial charge in [0.1, 0.15) is 5.69 Å². The number of hydrogen-bond acceptors (Lipinski definition) is 2. The molecule has 0 fully saturated rings. The average molecular weight is 273 g/mol. The highest BCUT2D eigenvalue weighted by molar-refractivity contribution is 5.36. The van der Waals surface area contributed by atoms with Crippen molar-refractivity contribution < 1.29 is 17.6 Å². The van der Waals surface area contributed by atoms with Gasteiger partial charge in [0.05, 0.1) is 5.69 Å². The molecule has 2 aromatic rings. The first-order valence-electron chi connectivity index (χ1n) is 5.77. The minimum Gasteiger partial charge on any atom is -0.231 e. The number of rotatable bonds is 3. The molecule has 2 aromatic heterocycles. The van der Waals surface area contributed by atoms with Gasteiger partial charge in [-0.2, -0.15) is 27.6 Å². The Bertz CT molecular complexity index is 596. The zero-order chi connectivity index (χ0) is 14.2. The summed E-state index contributed by atoms with van der Waals surface area (Å²) in [5.74, 6) is -6.49. The van der Waals surface area contributed by atoms with E-state index in [-0.39, 0.29) is 0 Å². The SMILES string of the molecule is CCc1cc(CC)n(-c2c(F)c(F)nc(F)c2F)n1. The van der Waals surface area contributed by atoms with Crippen LogP contribution in [-0.4, -0.2) is 14.8 Å². The molecular weight excluding hydrogens is 262 g/mol. The summed E-state index contributed by atoms with van der Waals surface area (Å²) in [6.45, 7) is 3.56. The topological polar surface area (TPSA) is 30.7 Å². The molecule has 0 atom stereocenters. The fourth-order valence-corrected chi connectivity index (χ4v) is 1.76. The smallest absolute Gasteiger partial charge is 0.231 e. The van der Waals surface area contributed by atoms with Crippen LogP contribution < -0.4 is 0 Å². The molecule has 0 aromatic carbocycles. The summed E-state index contributed by atoms with van der Waals surface area (Å²) >= 11 is 0. The van der Waals surface area contributed by atoms with E-state index in [1.54, 1.807) is 13.0 Å². The van der Waals surface area contributed by atoms with Crippen molar-refractivity contribution >= 4 is 0 Å². The minimum atomic E-state index is -1.69. The standard InChI is InChI=1S/C12H11F4N3/c1-3-6-5-7(4-2)19(18-6)10-8(13)11(15)17-12(16)9(10)14/h5H,3-4H2,1-2H3. The van der Waals surface area contributed by atoms with Gasteiger partial charge in [-0.25, -0.2) is 4.68 Å². The van der Waals surface area contributed by atoms with Crippen LogP contribution in [0.25, 0.3) is 5.69 Å². The van der Waals surface area contributed by atoms with E-state index >= 15 is 0 Å². The lowest BCUT2D eigenvalue weighted by atomic mass is 10.2. The first-order valence-corrected chi connectivity index (χ1v) is 5.77. The Labute approximate surface area is 106 Å². The molecule has 0 N–H and O–H groups in total. The second-order valence-corrected chi connectivity index (χ2v) is 3.92. The van der Waals surface area contributed by atoms with Crippen LogP contribution in [0.2, 0.25) is 0 Å². The Hall–Kier alpha value is -1.92. The summed E-state index contributed by atoms with van der Waals surface area (Å²) in [6.07, 6.45) is 0.955. The van der Waals surface area contributed by atoms with Gasteiger partial charge in [0, 0.05) is 5.69 Å². The van der Waals surface area contributed by atoms with Gasteiger partial charge in [0.2, 0.25) is 11.6 Å². The second kappa shape index (κ2) is 4.99. The molecule has 7 heteroatoms. The van der Waals surface area contributed by atoms with Gasteiger partial charge in [0.25, 0.3) is 11.9 Å². The average Bonchev–Trinajstić information content (AvgIpc) is 2.80. The van der Waals surface area contributed by atoms with Crippen molar-refractivity contribution in [3.8, 4) is 5.69 Å². The number of aryl methyl sites for hydroxylation is 2. The van der Waals surface area contributed by atoms with Gasteiger partial charge in [-0.05, 0) is 18.9 Å². The quantitative estimate of drug-likeness (QED) is 0.636. The molecule has 2 heterocycles. The van der Waals surface area contributed by atoms with Crippen molar-refractivity contribution in [2.45, 2.75) is 26.7 Å². The molecule has 102 valence electrons. The van der Waals surface area contributed by atoms with E-state index in [1.165, 1.54) is 0 Å². The van der Waals surface area contributed by atoms with Crippen LogP contribution in [0.15, 0.2) is 6.07 Å². The van der Waals surface area contributed by atoms with Crippen molar-refractivity contribution in [3.05, 3.63) is 41.0 Å². The monoisotopic (exact) mass is 273 g/mol. The predicted molar refractivity (Wildman–Crippen MR) is 59.9 cm³/mol. The lowest BCUT2D eigenvalue weighted by Crippen LogP contribution is -2.12. The lowest BCUT2D eigenvalue weighted by Gasteiger charge is -2.09. The van der Waals surface area contributed by atoms with Gasteiger partial charge in [-0.15, -0.1) is 0 Å². The zero-order valence-electron chi connectivity index (χ0n) is 10.3. The van der Waals surface area contributed by atoms with Gasteiger partial charge >= 0.3 is 0 Å². The van der Waals surface area contributed by atoms with Crippen LogP contribution in [0.3, 0.4) is 0 Å². The molecule has 2 rings (SSSR count). The Kier molecular flexibility index (Phi) is 3.55. The third-order valence-corrected chi connectivity index (χ3v) is 2.74. The summed E-state index contributed by atoms with van der Waals surface area (Å²) in [5, 5.41) is 3.95. The maximum atomic E-state index is 13.7. The first kappa shape index (κ1) is 13.5. The highest BCUT2D eigenvalue weighted by Gasteiger charge is 2.24. The first-order chi connectivity index (χ1) is 8.99. The highest BCUT2D eigenvalue weighted by atomic mass is 19.2. The molecule has 0 aliphatic rings. The van der Waals surface area contributed by atoms with Crippen LogP contribution in [0, 0.1) is 23.5 Å². The van der Waals surface area contributed by atoms with E-state index in [9.17, 15) is 17.6 Å². The van der Waals surface area contributed by atoms with E-state index in [2.05, 4.69) is 10.1 Å². The van der Waals surface area contributed by atoms with Crippen molar-refractivity contribution in [3.63, 3.8) is 0 Å². The minimum absolute atomic E-state index is 0.414. The number of halogens is 4. The van der Waals surface area contributed by atoms with Crippen molar-refractivity contribution in [2.75, 3.05) is 0 Å². The molecular formula is C12H11F4N3. The number of aromatic nitrogens is 3. The second-order valence-electron chi connectivity index (χ2n) is 3.92. The normalized spacial score (nSPS) is 11.1. The van der Waals surface area contributed by atoms with Crippen molar-refractivity contribution in [1.29, 1.82) is 0 Å². The third kappa shape index (κ3) is 2.20. The Morgan fingerprint density at radius 2 is 1.58 bits per heavy atom. The molecule has 19 heavy (non-hydrogen) atoms. The van der Waals surface area contributed by atoms with Crippen molar-refractivity contribution in [1.82, 2.24) is 14.8 Å². The largest absolute Gasteiger partial charge is 0.254 e. The number of hydrogen-bond donors (Lipinski definition) is 0. The molecule has 0 saturated carbocycles. The summed E-state index contributed by atoms with van der Waals surface area (Å²) in [7, 11) is 0. The van der Waals surface area contributed by atoms with Gasteiger partial charge in [0.15, 0.2) is 0 Å². The predicted octanol–water partition coefficient (Wildman–Crippen LogP) is 2.95. The maximum absolute atomic E-state index is 13.7. The lowest BCUT2D eigenvalue weighted by molar-refractivity contribution is 0.399. The number of pyridine rings is 1. The van der Waals surface area contributed by atoms with Crippen LogP contribution in [-0.2, 0) is 12.8 Å². The fourth-order valence-electron chi connectivity index (χ4n) is 1.76. The molecule has 0 radical (unpaired) electrons. The molecule has 0 saturated heterocycles. The van der Waals surface area contributed by atoms with Crippen molar-refractivity contribution in [2.24, 2.45) is 0 Å². The van der Waals surface area contributed by atoms with Gasteiger partial charge in [-0.1, -0.05) is 13.8 Å². The summed E-state index contributed by atoms with van der Waals surface area (Å²) < 4.78 is 54.4. The fraction of sp³-hybridized carbons (Fsp3) is 0.333. The van der Waals surface area contributed by atoms with Crippen LogP contribution >= 0.6 is 0 Å². The Balaban J connectivity index is 2.74. The maximum Gasteiger partial charge on any atom is 0.254 e. The molecule has 0 amide bonds. The van der Waals surface area contributed by atoms with Crippen LogP contribution in [0.5, 0.6) is 0 Å². The number of nitrogens with zero attached hydrogens (tertiary/aromatic N) is 3. The van der Waals surface area contributed by atoms with E-state index in [1.807, 2.05) is 6.92 Å². The van der Waals surface area contributed by atoms with E-state index in [0.29, 0.717) is 24.2 Å². The summed E-state index contributed by atoms with van der Waals surface area (Å²) in [5.41, 5.74) is 0.162. The van der Waals surface area contributed by atoms with E-state index < -0.39 is 29.2 Å².